The number of benzene rings is 1. The van der Waals surface area contributed by atoms with E-state index in [1.807, 2.05) is 0 Å². The lowest BCUT2D eigenvalue weighted by molar-refractivity contribution is 0.209. The van der Waals surface area contributed by atoms with Gasteiger partial charge >= 0.3 is 0 Å². The highest BCUT2D eigenvalue weighted by molar-refractivity contribution is 5.36. The summed E-state index contributed by atoms with van der Waals surface area (Å²) in [6, 6.07) is 8.95. The lowest BCUT2D eigenvalue weighted by Gasteiger charge is -2.34. The fourth-order valence-electron chi connectivity index (χ4n) is 3.67. The zero-order valence-electron chi connectivity index (χ0n) is 14.1. The molecule has 0 saturated heterocycles. The minimum atomic E-state index is 0.222. The molecule has 0 spiro atoms. The average Bonchev–Trinajstić information content (AvgIpc) is 2.50. The van der Waals surface area contributed by atoms with Gasteiger partial charge in [0, 0.05) is 11.6 Å². The summed E-state index contributed by atoms with van der Waals surface area (Å²) in [6.07, 6.45) is 6.99. The van der Waals surface area contributed by atoms with Gasteiger partial charge < -0.3 is 10.1 Å². The average molecular weight is 289 g/mol. The second-order valence-electron chi connectivity index (χ2n) is 6.66. The number of ether oxygens (including phenoxy) is 1. The van der Waals surface area contributed by atoms with Gasteiger partial charge in [0.05, 0.1) is 6.10 Å². The molecule has 0 amide bonds. The third-order valence-corrected chi connectivity index (χ3v) is 4.87. The minimum absolute atomic E-state index is 0.222. The van der Waals surface area contributed by atoms with Gasteiger partial charge in [-0.1, -0.05) is 44.4 Å². The molecule has 1 aromatic rings. The van der Waals surface area contributed by atoms with Crippen LogP contribution in [0.4, 0.5) is 0 Å². The Morgan fingerprint density at radius 1 is 1.14 bits per heavy atom. The van der Waals surface area contributed by atoms with Crippen molar-refractivity contribution in [3.05, 3.63) is 29.8 Å². The molecule has 0 heterocycles. The number of hydrogen-bond acceptors (Lipinski definition) is 2. The Labute approximate surface area is 130 Å². The van der Waals surface area contributed by atoms with E-state index in [1.165, 1.54) is 37.7 Å². The van der Waals surface area contributed by atoms with Crippen LogP contribution in [0.5, 0.6) is 5.75 Å². The van der Waals surface area contributed by atoms with Crippen molar-refractivity contribution in [2.24, 2.45) is 11.8 Å². The molecule has 0 bridgehead atoms. The molecule has 1 atom stereocenters. The Bertz CT molecular complexity index is 421. The number of nitrogens with one attached hydrogen (secondary N) is 1. The maximum Gasteiger partial charge on any atom is 0.124 e. The first kappa shape index (κ1) is 16.4. The normalized spacial score (nSPS) is 24.0. The molecular formula is C19H31NO. The zero-order valence-corrected chi connectivity index (χ0v) is 14.1. The van der Waals surface area contributed by atoms with Crippen molar-refractivity contribution >= 4 is 0 Å². The Morgan fingerprint density at radius 2 is 1.81 bits per heavy atom. The SMILES string of the molecule is CCC1CCC(C(NC)c2ccccc2OC(C)C)CC1. The highest BCUT2D eigenvalue weighted by Crippen LogP contribution is 2.40. The maximum atomic E-state index is 6.02. The number of para-hydroxylation sites is 1. The molecule has 0 aromatic heterocycles. The molecule has 1 fully saturated rings. The number of hydrogen-bond donors (Lipinski definition) is 1. The molecule has 1 N–H and O–H groups in total. The van der Waals surface area contributed by atoms with Crippen LogP contribution in [0, 0.1) is 11.8 Å². The van der Waals surface area contributed by atoms with Crippen LogP contribution >= 0.6 is 0 Å². The van der Waals surface area contributed by atoms with Gasteiger partial charge in [-0.3, -0.25) is 0 Å². The van der Waals surface area contributed by atoms with Crippen molar-refractivity contribution in [3.8, 4) is 5.75 Å². The summed E-state index contributed by atoms with van der Waals surface area (Å²) in [4.78, 5) is 0. The van der Waals surface area contributed by atoms with Gasteiger partial charge in [0.2, 0.25) is 0 Å². The smallest absolute Gasteiger partial charge is 0.124 e. The second kappa shape index (κ2) is 7.84. The van der Waals surface area contributed by atoms with Crippen molar-refractivity contribution in [1.29, 1.82) is 0 Å². The van der Waals surface area contributed by atoms with Gasteiger partial charge in [-0.25, -0.2) is 0 Å². The molecule has 1 unspecified atom stereocenters. The van der Waals surface area contributed by atoms with E-state index in [-0.39, 0.29) is 6.10 Å². The largest absolute Gasteiger partial charge is 0.491 e. The van der Waals surface area contributed by atoms with Crippen molar-refractivity contribution in [2.45, 2.75) is 65.0 Å². The molecule has 2 heteroatoms. The first-order valence-electron chi connectivity index (χ1n) is 8.58. The highest BCUT2D eigenvalue weighted by Gasteiger charge is 2.28. The Morgan fingerprint density at radius 3 is 2.38 bits per heavy atom. The van der Waals surface area contributed by atoms with E-state index in [4.69, 9.17) is 4.74 Å². The van der Waals surface area contributed by atoms with E-state index in [0.717, 1.165) is 17.6 Å². The van der Waals surface area contributed by atoms with Crippen LogP contribution in [0.2, 0.25) is 0 Å². The van der Waals surface area contributed by atoms with Crippen LogP contribution in [0.3, 0.4) is 0 Å². The van der Waals surface area contributed by atoms with Crippen LogP contribution in [-0.4, -0.2) is 13.2 Å². The molecule has 1 aliphatic rings. The maximum absolute atomic E-state index is 6.02. The number of rotatable bonds is 6. The van der Waals surface area contributed by atoms with E-state index < -0.39 is 0 Å². The van der Waals surface area contributed by atoms with E-state index in [1.54, 1.807) is 0 Å². The molecule has 118 valence electrons. The minimum Gasteiger partial charge on any atom is -0.491 e. The molecule has 2 nitrogen and oxygen atoms in total. The van der Waals surface area contributed by atoms with Crippen molar-refractivity contribution < 1.29 is 4.74 Å². The molecule has 0 aliphatic heterocycles. The lowest BCUT2D eigenvalue weighted by atomic mass is 9.76. The quantitative estimate of drug-likeness (QED) is 0.800. The van der Waals surface area contributed by atoms with Crippen molar-refractivity contribution in [2.75, 3.05) is 7.05 Å². The molecule has 0 radical (unpaired) electrons. The van der Waals surface area contributed by atoms with Crippen LogP contribution in [0.15, 0.2) is 24.3 Å². The molecule has 2 rings (SSSR count). The van der Waals surface area contributed by atoms with Crippen molar-refractivity contribution in [1.82, 2.24) is 5.32 Å². The predicted octanol–water partition coefficient (Wildman–Crippen LogP) is 4.95. The van der Waals surface area contributed by atoms with Crippen LogP contribution in [-0.2, 0) is 0 Å². The van der Waals surface area contributed by atoms with Crippen LogP contribution in [0.1, 0.15) is 64.5 Å². The topological polar surface area (TPSA) is 21.3 Å². The standard InChI is InChI=1S/C19H31NO/c1-5-15-10-12-16(13-11-15)19(20-4)17-8-6-7-9-18(17)21-14(2)3/h6-9,14-16,19-20H,5,10-13H2,1-4H3. The fraction of sp³-hybridized carbons (Fsp3) is 0.684. The Kier molecular flexibility index (Phi) is 6.10. The molecular weight excluding hydrogens is 258 g/mol. The molecule has 21 heavy (non-hydrogen) atoms. The zero-order chi connectivity index (χ0) is 15.2. The third-order valence-electron chi connectivity index (χ3n) is 4.87. The predicted molar refractivity (Wildman–Crippen MR) is 89.7 cm³/mol. The van der Waals surface area contributed by atoms with E-state index >= 15 is 0 Å². The summed E-state index contributed by atoms with van der Waals surface area (Å²) in [5, 5.41) is 3.55. The Balaban J connectivity index is 2.14. The summed E-state index contributed by atoms with van der Waals surface area (Å²) in [5.41, 5.74) is 1.33. The summed E-state index contributed by atoms with van der Waals surface area (Å²) in [5.74, 6) is 2.72. The van der Waals surface area contributed by atoms with Gasteiger partial charge in [0.25, 0.3) is 0 Å². The van der Waals surface area contributed by atoms with Gasteiger partial charge in [0.15, 0.2) is 0 Å². The molecule has 1 aromatic carbocycles. The monoisotopic (exact) mass is 289 g/mol. The lowest BCUT2D eigenvalue weighted by Crippen LogP contribution is -2.29. The molecule has 1 aliphatic carbocycles. The van der Waals surface area contributed by atoms with Gasteiger partial charge in [-0.05, 0) is 51.6 Å². The second-order valence-corrected chi connectivity index (χ2v) is 6.66. The molecule has 1 saturated carbocycles. The third kappa shape index (κ3) is 4.23. The summed E-state index contributed by atoms with van der Waals surface area (Å²) < 4.78 is 6.02. The summed E-state index contributed by atoms with van der Waals surface area (Å²) >= 11 is 0. The van der Waals surface area contributed by atoms with E-state index in [2.05, 4.69) is 57.4 Å². The first-order chi connectivity index (χ1) is 10.2. The fourth-order valence-corrected chi connectivity index (χ4v) is 3.67. The van der Waals surface area contributed by atoms with Crippen molar-refractivity contribution in [3.63, 3.8) is 0 Å². The Hall–Kier alpha value is -1.02. The van der Waals surface area contributed by atoms with E-state index in [0.29, 0.717) is 6.04 Å². The highest BCUT2D eigenvalue weighted by atomic mass is 16.5. The first-order valence-corrected chi connectivity index (χ1v) is 8.58. The van der Waals surface area contributed by atoms with Crippen LogP contribution < -0.4 is 10.1 Å². The van der Waals surface area contributed by atoms with Crippen LogP contribution in [0.25, 0.3) is 0 Å². The summed E-state index contributed by atoms with van der Waals surface area (Å²) in [7, 11) is 2.09. The van der Waals surface area contributed by atoms with Gasteiger partial charge in [-0.15, -0.1) is 0 Å². The van der Waals surface area contributed by atoms with Gasteiger partial charge in [-0.2, -0.15) is 0 Å². The van der Waals surface area contributed by atoms with E-state index in [9.17, 15) is 0 Å². The summed E-state index contributed by atoms with van der Waals surface area (Å²) in [6.45, 7) is 6.52. The van der Waals surface area contributed by atoms with Gasteiger partial charge in [0.1, 0.15) is 5.75 Å².